The minimum atomic E-state index is -0.379. The monoisotopic (exact) mass is 281 g/mol. The fourth-order valence-electron chi connectivity index (χ4n) is 2.47. The molecule has 0 unspecified atom stereocenters. The van der Waals surface area contributed by atoms with E-state index in [1.807, 2.05) is 44.3 Å². The largest absolute Gasteiger partial charge is 0.465 e. The van der Waals surface area contributed by atoms with Gasteiger partial charge in [-0.2, -0.15) is 5.10 Å². The third kappa shape index (κ3) is 2.16. The van der Waals surface area contributed by atoms with Gasteiger partial charge < -0.3 is 4.74 Å². The number of hydrogen-bond donors (Lipinski definition) is 0. The van der Waals surface area contributed by atoms with Crippen molar-refractivity contribution in [1.82, 2.24) is 14.8 Å². The van der Waals surface area contributed by atoms with Crippen LogP contribution in [0.15, 0.2) is 36.4 Å². The molecule has 0 radical (unpaired) electrons. The Kier molecular flexibility index (Phi) is 3.17. The van der Waals surface area contributed by atoms with Crippen LogP contribution in [0.4, 0.5) is 0 Å². The number of esters is 1. The molecule has 21 heavy (non-hydrogen) atoms. The second-order valence-electron chi connectivity index (χ2n) is 4.82. The van der Waals surface area contributed by atoms with Crippen LogP contribution in [0.1, 0.15) is 16.1 Å². The van der Waals surface area contributed by atoms with Gasteiger partial charge in [0.2, 0.25) is 0 Å². The van der Waals surface area contributed by atoms with E-state index < -0.39 is 0 Å². The first kappa shape index (κ1) is 13.3. The summed E-state index contributed by atoms with van der Waals surface area (Å²) in [6, 6.07) is 11.5. The molecule has 1 aromatic carbocycles. The molecular weight excluding hydrogens is 266 g/mol. The summed E-state index contributed by atoms with van der Waals surface area (Å²) >= 11 is 0. The molecule has 2 heterocycles. The van der Waals surface area contributed by atoms with Gasteiger partial charge >= 0.3 is 5.97 Å². The molecule has 3 rings (SSSR count). The van der Waals surface area contributed by atoms with E-state index in [0.29, 0.717) is 11.2 Å². The molecular formula is C16H15N3O2. The molecule has 2 aromatic heterocycles. The Morgan fingerprint density at radius 2 is 1.95 bits per heavy atom. The molecule has 0 fully saturated rings. The van der Waals surface area contributed by atoms with Crippen molar-refractivity contribution in [2.45, 2.75) is 6.92 Å². The molecule has 3 aromatic rings. The molecule has 106 valence electrons. The van der Waals surface area contributed by atoms with Crippen molar-refractivity contribution < 1.29 is 9.53 Å². The van der Waals surface area contributed by atoms with Gasteiger partial charge in [-0.3, -0.25) is 4.68 Å². The average molecular weight is 281 g/mol. The zero-order valence-electron chi connectivity index (χ0n) is 12.1. The maximum absolute atomic E-state index is 12.1. The van der Waals surface area contributed by atoms with Crippen LogP contribution in [0.5, 0.6) is 0 Å². The summed E-state index contributed by atoms with van der Waals surface area (Å²) in [5, 5.41) is 5.09. The molecule has 0 atom stereocenters. The topological polar surface area (TPSA) is 57.0 Å². The number of fused-ring (bicyclic) bond motifs is 1. The fraction of sp³-hybridized carbons (Fsp3) is 0.188. The molecule has 0 aliphatic carbocycles. The van der Waals surface area contributed by atoms with Crippen LogP contribution in [-0.4, -0.2) is 27.8 Å². The summed E-state index contributed by atoms with van der Waals surface area (Å²) < 4.78 is 6.58. The molecule has 0 aliphatic heterocycles. The molecule has 0 saturated heterocycles. The van der Waals surface area contributed by atoms with Crippen LogP contribution in [-0.2, 0) is 11.8 Å². The number of methoxy groups -OCH3 is 1. The molecule has 0 amide bonds. The van der Waals surface area contributed by atoms with Gasteiger partial charge in [0.05, 0.1) is 29.4 Å². The summed E-state index contributed by atoms with van der Waals surface area (Å²) in [6.45, 7) is 1.86. The number of carbonyl (C=O) groups excluding carboxylic acids is 1. The van der Waals surface area contributed by atoms with E-state index in [0.717, 1.165) is 22.3 Å². The smallest absolute Gasteiger partial charge is 0.338 e. The van der Waals surface area contributed by atoms with Crippen molar-refractivity contribution in [3.8, 4) is 11.3 Å². The summed E-state index contributed by atoms with van der Waals surface area (Å²) in [4.78, 5) is 16.7. The normalized spacial score (nSPS) is 10.8. The van der Waals surface area contributed by atoms with Crippen molar-refractivity contribution in [2.24, 2.45) is 7.05 Å². The molecule has 0 aliphatic rings. The summed E-state index contributed by atoms with van der Waals surface area (Å²) in [6.07, 6.45) is 0. The number of carbonyl (C=O) groups is 1. The molecule has 0 N–H and O–H groups in total. The Morgan fingerprint density at radius 1 is 1.24 bits per heavy atom. The molecule has 0 saturated carbocycles. The Morgan fingerprint density at radius 3 is 2.62 bits per heavy atom. The third-order valence-electron chi connectivity index (χ3n) is 3.44. The lowest BCUT2D eigenvalue weighted by atomic mass is 10.1. The Labute approximate surface area is 122 Å². The predicted molar refractivity (Wildman–Crippen MR) is 80.0 cm³/mol. The van der Waals surface area contributed by atoms with Crippen LogP contribution < -0.4 is 0 Å². The van der Waals surface area contributed by atoms with Gasteiger partial charge in [0.25, 0.3) is 0 Å². The summed E-state index contributed by atoms with van der Waals surface area (Å²) in [7, 11) is 3.20. The molecule has 5 nitrogen and oxygen atoms in total. The number of pyridine rings is 1. The number of aryl methyl sites for hydroxylation is 2. The minimum Gasteiger partial charge on any atom is -0.465 e. The third-order valence-corrected chi connectivity index (χ3v) is 3.44. The van der Waals surface area contributed by atoms with Crippen molar-refractivity contribution in [2.75, 3.05) is 7.11 Å². The quantitative estimate of drug-likeness (QED) is 0.678. The zero-order valence-corrected chi connectivity index (χ0v) is 12.1. The highest BCUT2D eigenvalue weighted by atomic mass is 16.5. The standard InChI is InChI=1S/C16H15N3O2/c1-10-14-12(16(20)21-3)9-13(11-7-5-4-6-8-11)17-15(14)19(2)18-10/h4-9H,1-3H3. The number of aromatic nitrogens is 3. The lowest BCUT2D eigenvalue weighted by Gasteiger charge is -2.06. The number of benzene rings is 1. The minimum absolute atomic E-state index is 0.379. The average Bonchev–Trinajstić information content (AvgIpc) is 2.81. The Balaban J connectivity index is 2.34. The summed E-state index contributed by atoms with van der Waals surface area (Å²) in [5.41, 5.74) is 3.61. The van der Waals surface area contributed by atoms with Gasteiger partial charge in [-0.25, -0.2) is 9.78 Å². The van der Waals surface area contributed by atoms with Crippen LogP contribution in [0.3, 0.4) is 0 Å². The summed E-state index contributed by atoms with van der Waals surface area (Å²) in [5.74, 6) is -0.379. The lowest BCUT2D eigenvalue weighted by Crippen LogP contribution is -2.04. The van der Waals surface area contributed by atoms with Crippen molar-refractivity contribution in [3.05, 3.63) is 47.7 Å². The first-order chi connectivity index (χ1) is 10.1. The zero-order chi connectivity index (χ0) is 15.0. The van der Waals surface area contributed by atoms with E-state index in [1.54, 1.807) is 10.7 Å². The van der Waals surface area contributed by atoms with Crippen molar-refractivity contribution >= 4 is 17.0 Å². The van der Waals surface area contributed by atoms with E-state index >= 15 is 0 Å². The van der Waals surface area contributed by atoms with Crippen molar-refractivity contribution in [3.63, 3.8) is 0 Å². The maximum atomic E-state index is 12.1. The lowest BCUT2D eigenvalue weighted by molar-refractivity contribution is 0.0603. The second kappa shape index (κ2) is 5.01. The highest BCUT2D eigenvalue weighted by Crippen LogP contribution is 2.27. The van der Waals surface area contributed by atoms with Crippen LogP contribution in [0.2, 0.25) is 0 Å². The Bertz CT molecular complexity index is 822. The van der Waals surface area contributed by atoms with Gasteiger partial charge in [-0.05, 0) is 13.0 Å². The number of hydrogen-bond acceptors (Lipinski definition) is 4. The van der Waals surface area contributed by atoms with Gasteiger partial charge in [0, 0.05) is 12.6 Å². The Hall–Kier alpha value is -2.69. The van der Waals surface area contributed by atoms with Crippen LogP contribution >= 0.6 is 0 Å². The van der Waals surface area contributed by atoms with E-state index in [2.05, 4.69) is 10.1 Å². The SMILES string of the molecule is COC(=O)c1cc(-c2ccccc2)nc2c1c(C)nn2C. The predicted octanol–water partition coefficient (Wildman–Crippen LogP) is 2.73. The van der Waals surface area contributed by atoms with Crippen LogP contribution in [0, 0.1) is 6.92 Å². The van der Waals surface area contributed by atoms with Gasteiger partial charge in [0.1, 0.15) is 0 Å². The molecule has 5 heteroatoms. The highest BCUT2D eigenvalue weighted by Gasteiger charge is 2.19. The van der Waals surface area contributed by atoms with Crippen molar-refractivity contribution in [1.29, 1.82) is 0 Å². The first-order valence-electron chi connectivity index (χ1n) is 6.60. The van der Waals surface area contributed by atoms with E-state index in [4.69, 9.17) is 4.74 Å². The van der Waals surface area contributed by atoms with Gasteiger partial charge in [-0.1, -0.05) is 30.3 Å². The first-order valence-corrected chi connectivity index (χ1v) is 6.60. The maximum Gasteiger partial charge on any atom is 0.338 e. The highest BCUT2D eigenvalue weighted by molar-refractivity contribution is 6.04. The number of nitrogens with zero attached hydrogens (tertiary/aromatic N) is 3. The second-order valence-corrected chi connectivity index (χ2v) is 4.82. The number of ether oxygens (including phenoxy) is 1. The molecule has 0 spiro atoms. The van der Waals surface area contributed by atoms with E-state index in [1.165, 1.54) is 7.11 Å². The fourth-order valence-corrected chi connectivity index (χ4v) is 2.47. The molecule has 0 bridgehead atoms. The van der Waals surface area contributed by atoms with Gasteiger partial charge in [0.15, 0.2) is 5.65 Å². The van der Waals surface area contributed by atoms with E-state index in [9.17, 15) is 4.79 Å². The number of rotatable bonds is 2. The van der Waals surface area contributed by atoms with Gasteiger partial charge in [-0.15, -0.1) is 0 Å². The van der Waals surface area contributed by atoms with E-state index in [-0.39, 0.29) is 5.97 Å². The van der Waals surface area contributed by atoms with Crippen LogP contribution in [0.25, 0.3) is 22.3 Å².